The topological polar surface area (TPSA) is 181 Å². The van der Waals surface area contributed by atoms with Crippen LogP contribution in [0, 0.1) is 0 Å². The van der Waals surface area contributed by atoms with Crippen molar-refractivity contribution in [2.24, 2.45) is 5.73 Å². The Labute approximate surface area is 148 Å². The van der Waals surface area contributed by atoms with Gasteiger partial charge in [-0.25, -0.2) is 10.3 Å². The first-order valence-corrected chi connectivity index (χ1v) is 9.27. The number of carbonyl (C=O) groups excluding carboxylic acids is 3. The van der Waals surface area contributed by atoms with Gasteiger partial charge in [-0.05, 0) is 12.8 Å². The molecule has 3 heterocycles. The molecule has 14 heteroatoms. The molecule has 2 bridgehead atoms. The van der Waals surface area contributed by atoms with E-state index in [1.165, 1.54) is 0 Å². The molecule has 3 saturated heterocycles. The predicted octanol–water partition coefficient (Wildman–Crippen LogP) is -2.75. The number of piperidine rings is 1. The maximum absolute atomic E-state index is 12.3. The molecule has 0 radical (unpaired) electrons. The summed E-state index contributed by atoms with van der Waals surface area (Å²) in [6.45, 7) is 0.417. The van der Waals surface area contributed by atoms with Gasteiger partial charge in [-0.1, -0.05) is 0 Å². The van der Waals surface area contributed by atoms with Crippen LogP contribution in [0.5, 0.6) is 0 Å². The van der Waals surface area contributed by atoms with Crippen molar-refractivity contribution in [3.63, 3.8) is 0 Å². The first kappa shape index (κ1) is 18.8. The number of nitrogens with zero attached hydrogens (tertiary/aromatic N) is 2. The summed E-state index contributed by atoms with van der Waals surface area (Å²) in [4.78, 5) is 42.0. The Morgan fingerprint density at radius 3 is 2.69 bits per heavy atom. The van der Waals surface area contributed by atoms with Crippen LogP contribution in [0.1, 0.15) is 19.3 Å². The third-order valence-electron chi connectivity index (χ3n) is 4.56. The van der Waals surface area contributed by atoms with Gasteiger partial charge in [0.1, 0.15) is 6.04 Å². The number of primary amides is 1. The molecule has 0 aromatic rings. The molecule has 13 nitrogen and oxygen atoms in total. The van der Waals surface area contributed by atoms with E-state index in [0.29, 0.717) is 24.4 Å². The quantitative estimate of drug-likeness (QED) is 0.275. The molecule has 26 heavy (non-hydrogen) atoms. The number of nitrogens with one attached hydrogen (secondary N) is 2. The highest BCUT2D eigenvalue weighted by Crippen LogP contribution is 2.30. The summed E-state index contributed by atoms with van der Waals surface area (Å²) in [5.74, 6) is -1.09. The molecule has 4 atom stereocenters. The van der Waals surface area contributed by atoms with E-state index in [9.17, 15) is 22.8 Å². The predicted molar refractivity (Wildman–Crippen MR) is 82.0 cm³/mol. The van der Waals surface area contributed by atoms with Crippen LogP contribution in [0.25, 0.3) is 0 Å². The Morgan fingerprint density at radius 2 is 2.08 bits per heavy atom. The molecule has 3 fully saturated rings. The summed E-state index contributed by atoms with van der Waals surface area (Å²) < 4.78 is 34.7. The molecule has 3 rings (SSSR count). The monoisotopic (exact) mass is 393 g/mol. The first-order valence-electron chi connectivity index (χ1n) is 7.90. The second-order valence-electron chi connectivity index (χ2n) is 6.32. The van der Waals surface area contributed by atoms with Crippen molar-refractivity contribution in [1.82, 2.24) is 20.8 Å². The fourth-order valence-electron chi connectivity index (χ4n) is 3.32. The van der Waals surface area contributed by atoms with Crippen LogP contribution < -0.4 is 16.5 Å². The van der Waals surface area contributed by atoms with Crippen molar-refractivity contribution >= 4 is 28.2 Å². The number of amides is 4. The average Bonchev–Trinajstić information content (AvgIpc) is 3.12. The van der Waals surface area contributed by atoms with Crippen LogP contribution in [0.4, 0.5) is 4.79 Å². The molecule has 5 N–H and O–H groups in total. The van der Waals surface area contributed by atoms with E-state index in [4.69, 9.17) is 15.1 Å². The van der Waals surface area contributed by atoms with Gasteiger partial charge < -0.3 is 16.0 Å². The Hall–Kier alpha value is -2.00. The maximum Gasteiger partial charge on any atom is 0.418 e. The summed E-state index contributed by atoms with van der Waals surface area (Å²) >= 11 is 0. The van der Waals surface area contributed by atoms with Gasteiger partial charge in [0, 0.05) is 19.5 Å². The van der Waals surface area contributed by atoms with Gasteiger partial charge in [0.2, 0.25) is 5.91 Å². The summed E-state index contributed by atoms with van der Waals surface area (Å²) in [6, 6.07) is -2.81. The molecular formula is C12H19N5O8S. The number of fused-ring (bicyclic) bond motifs is 2. The summed E-state index contributed by atoms with van der Waals surface area (Å²) in [6.07, 6.45) is 0.441. The van der Waals surface area contributed by atoms with Gasteiger partial charge in [-0.3, -0.25) is 19.0 Å². The van der Waals surface area contributed by atoms with Crippen molar-refractivity contribution in [3.05, 3.63) is 0 Å². The van der Waals surface area contributed by atoms with Crippen LogP contribution >= 0.6 is 0 Å². The maximum atomic E-state index is 12.3. The lowest BCUT2D eigenvalue weighted by Crippen LogP contribution is -2.50. The van der Waals surface area contributed by atoms with E-state index in [-0.39, 0.29) is 13.0 Å². The minimum Gasteiger partial charge on any atom is -0.368 e. The van der Waals surface area contributed by atoms with E-state index < -0.39 is 52.5 Å². The molecule has 0 spiro atoms. The third-order valence-corrected chi connectivity index (χ3v) is 4.91. The number of urea groups is 1. The third kappa shape index (κ3) is 3.88. The number of hydroxylamine groups is 3. The molecular weight excluding hydrogens is 374 g/mol. The second-order valence-corrected chi connectivity index (χ2v) is 7.32. The highest BCUT2D eigenvalue weighted by atomic mass is 32.3. The van der Waals surface area contributed by atoms with Crippen molar-refractivity contribution in [1.29, 1.82) is 0 Å². The lowest BCUT2D eigenvalue weighted by atomic mass is 10.0. The van der Waals surface area contributed by atoms with Crippen LogP contribution in [-0.2, 0) is 29.1 Å². The lowest BCUT2D eigenvalue weighted by Gasteiger charge is -2.29. The molecule has 0 aromatic heterocycles. The fraction of sp³-hybridized carbons (Fsp3) is 0.750. The lowest BCUT2D eigenvalue weighted by molar-refractivity contribution is -0.143. The van der Waals surface area contributed by atoms with Crippen molar-refractivity contribution in [3.8, 4) is 0 Å². The Morgan fingerprint density at radius 1 is 1.35 bits per heavy atom. The van der Waals surface area contributed by atoms with E-state index in [2.05, 4.69) is 15.1 Å². The van der Waals surface area contributed by atoms with Crippen LogP contribution in [0.15, 0.2) is 0 Å². The van der Waals surface area contributed by atoms with Gasteiger partial charge in [0.05, 0.1) is 18.2 Å². The second kappa shape index (κ2) is 6.96. The number of hydrogen-bond donors (Lipinski definition) is 4. The fourth-order valence-corrected chi connectivity index (χ4v) is 3.71. The summed E-state index contributed by atoms with van der Waals surface area (Å²) in [7, 11) is -4.84. The van der Waals surface area contributed by atoms with Crippen molar-refractivity contribution < 1.29 is 36.5 Å². The van der Waals surface area contributed by atoms with E-state index in [1.54, 1.807) is 0 Å². The zero-order chi connectivity index (χ0) is 19.1. The molecule has 3 aliphatic rings. The molecule has 0 aromatic carbocycles. The van der Waals surface area contributed by atoms with Gasteiger partial charge in [-0.2, -0.15) is 13.5 Å². The normalized spacial score (nSPS) is 31.3. The minimum absolute atomic E-state index is 0.0845. The highest BCUT2D eigenvalue weighted by molar-refractivity contribution is 7.80. The zero-order valence-corrected chi connectivity index (χ0v) is 14.3. The standard InChI is InChI=1S/C12H19N5O8S/c13-10(18)8-3-7(4-14-8)24-15-11(19)9-2-1-6-5-16(9)12(20)17(6)25-26(21,22)23/h6-9,14H,1-5H2,(H2,13,18)(H,15,19)(H,21,22,23)/t6?,7-,8+,9?/m1/s1. The van der Waals surface area contributed by atoms with Gasteiger partial charge >= 0.3 is 16.4 Å². The molecule has 146 valence electrons. The largest absolute Gasteiger partial charge is 0.418 e. The molecule has 0 saturated carbocycles. The average molecular weight is 393 g/mol. The van der Waals surface area contributed by atoms with E-state index in [0.717, 1.165) is 4.90 Å². The van der Waals surface area contributed by atoms with Gasteiger partial charge in [0.25, 0.3) is 5.91 Å². The molecule has 3 aliphatic heterocycles. The number of nitrogens with two attached hydrogens (primary N) is 1. The van der Waals surface area contributed by atoms with Crippen LogP contribution in [-0.4, -0.2) is 78.1 Å². The number of rotatable bonds is 6. The Bertz CT molecular complexity index is 714. The molecule has 2 unspecified atom stereocenters. The first-order chi connectivity index (χ1) is 12.2. The van der Waals surface area contributed by atoms with Gasteiger partial charge in [-0.15, -0.1) is 4.28 Å². The van der Waals surface area contributed by atoms with E-state index in [1.807, 2.05) is 0 Å². The van der Waals surface area contributed by atoms with Crippen LogP contribution in [0.2, 0.25) is 0 Å². The SMILES string of the molecule is NC(=O)[C@@H]1C[C@@H](ONC(=O)C2CCC3CN2C(=O)N3OS(=O)(=O)O)CN1. The van der Waals surface area contributed by atoms with Crippen molar-refractivity contribution in [2.45, 2.75) is 43.5 Å². The van der Waals surface area contributed by atoms with E-state index >= 15 is 0 Å². The summed E-state index contributed by atoms with van der Waals surface area (Å²) in [5.41, 5.74) is 7.45. The van der Waals surface area contributed by atoms with Gasteiger partial charge in [0.15, 0.2) is 0 Å². The summed E-state index contributed by atoms with van der Waals surface area (Å²) in [5, 5.41) is 3.41. The smallest absolute Gasteiger partial charge is 0.368 e. The number of carbonyl (C=O) groups is 3. The molecule has 0 aliphatic carbocycles. The number of hydrogen-bond acceptors (Lipinski definition) is 8. The minimum atomic E-state index is -4.84. The Kier molecular flexibility index (Phi) is 5.03. The highest BCUT2D eigenvalue weighted by Gasteiger charge is 2.49. The van der Waals surface area contributed by atoms with Crippen molar-refractivity contribution in [2.75, 3.05) is 13.1 Å². The zero-order valence-electron chi connectivity index (χ0n) is 13.5. The van der Waals surface area contributed by atoms with Crippen LogP contribution in [0.3, 0.4) is 0 Å². The Balaban J connectivity index is 1.55. The molecule has 4 amide bonds.